The van der Waals surface area contributed by atoms with E-state index in [1.54, 1.807) is 0 Å². The molecule has 4 aliphatic rings. The fourth-order valence-corrected chi connectivity index (χ4v) is 12.6. The molecule has 5 aromatic rings. The Labute approximate surface area is 383 Å². The van der Waals surface area contributed by atoms with E-state index >= 15 is 0 Å². The topological polar surface area (TPSA) is 6.48 Å². The van der Waals surface area contributed by atoms with Crippen molar-refractivity contribution in [3.8, 4) is 0 Å². The zero-order chi connectivity index (χ0) is 46.2. The summed E-state index contributed by atoms with van der Waals surface area (Å²) < 4.78 is 0. The van der Waals surface area contributed by atoms with E-state index in [4.69, 9.17) is 0 Å². The van der Waals surface area contributed by atoms with Crippen molar-refractivity contribution in [2.24, 2.45) is 0 Å². The number of rotatable bonds is 2. The maximum Gasteiger partial charge on any atom is 0.252 e. The number of hydrogen-bond donors (Lipinski definition) is 0. The molecule has 5 aromatic carbocycles. The summed E-state index contributed by atoms with van der Waals surface area (Å²) in [5, 5.41) is 0. The van der Waals surface area contributed by atoms with Gasteiger partial charge in [0.25, 0.3) is 6.71 Å². The van der Waals surface area contributed by atoms with Gasteiger partial charge in [0.1, 0.15) is 0 Å². The van der Waals surface area contributed by atoms with Crippen LogP contribution in [-0.4, -0.2) is 6.71 Å². The predicted molar refractivity (Wildman–Crippen MR) is 277 cm³/mol. The SMILES string of the molecule is CC(C)(C)c1cc(N2c3cc(C(C)(C)C)ccc3B3c4cc5c(cc4N(c4ccc6c(c4)C(C)(C)CC6(C)C)c4cc(C(C)(C)C)cc2c43)C(C)(C)CC5(C)C)cc(C(C)(C)C)c1. The van der Waals surface area contributed by atoms with Gasteiger partial charge in [-0.3, -0.25) is 0 Å². The second-order valence-electron chi connectivity index (χ2n) is 27.1. The van der Waals surface area contributed by atoms with E-state index in [1.165, 1.54) is 95.0 Å². The van der Waals surface area contributed by atoms with Crippen LogP contribution in [0.1, 0.15) is 196 Å². The van der Waals surface area contributed by atoms with Crippen molar-refractivity contribution in [3.63, 3.8) is 0 Å². The molecular formula is C60H77BN2. The van der Waals surface area contributed by atoms with Crippen molar-refractivity contribution in [2.75, 3.05) is 9.80 Å². The number of fused-ring (bicyclic) bond motifs is 6. The van der Waals surface area contributed by atoms with E-state index in [0.29, 0.717) is 0 Å². The lowest BCUT2D eigenvalue weighted by Gasteiger charge is -2.46. The van der Waals surface area contributed by atoms with Crippen LogP contribution in [-0.2, 0) is 43.3 Å². The molecule has 2 aliphatic heterocycles. The van der Waals surface area contributed by atoms with Crippen LogP contribution in [0.4, 0.5) is 34.1 Å². The molecule has 0 saturated carbocycles. The number of anilines is 6. The molecule has 2 nitrogen and oxygen atoms in total. The Bertz CT molecular complexity index is 2700. The molecule has 330 valence electrons. The Morgan fingerprint density at radius 1 is 0.365 bits per heavy atom. The van der Waals surface area contributed by atoms with E-state index in [-0.39, 0.29) is 50.0 Å². The number of benzene rings is 5. The number of hydrogen-bond acceptors (Lipinski definition) is 2. The van der Waals surface area contributed by atoms with Crippen LogP contribution in [0.2, 0.25) is 0 Å². The molecule has 0 aromatic heterocycles. The van der Waals surface area contributed by atoms with Crippen LogP contribution in [0, 0.1) is 0 Å². The van der Waals surface area contributed by atoms with Gasteiger partial charge in [-0.1, -0.05) is 169 Å². The quantitative estimate of drug-likeness (QED) is 0.160. The van der Waals surface area contributed by atoms with Crippen molar-refractivity contribution >= 4 is 57.2 Å². The van der Waals surface area contributed by atoms with Gasteiger partial charge in [0.15, 0.2) is 0 Å². The van der Waals surface area contributed by atoms with Crippen molar-refractivity contribution in [2.45, 2.75) is 195 Å². The molecule has 2 heterocycles. The van der Waals surface area contributed by atoms with E-state index in [2.05, 4.69) is 227 Å². The first-order valence-electron chi connectivity index (χ1n) is 24.1. The van der Waals surface area contributed by atoms with Crippen LogP contribution in [0.15, 0.2) is 78.9 Å². The molecule has 63 heavy (non-hydrogen) atoms. The van der Waals surface area contributed by atoms with Gasteiger partial charge in [0.2, 0.25) is 0 Å². The first-order valence-corrected chi connectivity index (χ1v) is 24.1. The molecule has 2 aliphatic carbocycles. The molecule has 0 fully saturated rings. The van der Waals surface area contributed by atoms with Crippen molar-refractivity contribution in [1.82, 2.24) is 0 Å². The Morgan fingerprint density at radius 3 is 1.29 bits per heavy atom. The summed E-state index contributed by atoms with van der Waals surface area (Å²) in [5.74, 6) is 0. The van der Waals surface area contributed by atoms with E-state index < -0.39 is 0 Å². The van der Waals surface area contributed by atoms with Gasteiger partial charge in [0, 0.05) is 34.1 Å². The maximum absolute atomic E-state index is 2.71. The van der Waals surface area contributed by atoms with Gasteiger partial charge >= 0.3 is 0 Å². The average Bonchev–Trinajstić information content (AvgIpc) is 3.45. The molecule has 0 amide bonds. The minimum atomic E-state index is -0.0933. The first kappa shape index (κ1) is 44.0. The molecule has 0 saturated heterocycles. The van der Waals surface area contributed by atoms with Gasteiger partial charge in [-0.25, -0.2) is 0 Å². The fourth-order valence-electron chi connectivity index (χ4n) is 12.6. The second kappa shape index (κ2) is 13.2. The van der Waals surface area contributed by atoms with Crippen LogP contribution in [0.3, 0.4) is 0 Å². The van der Waals surface area contributed by atoms with E-state index in [0.717, 1.165) is 12.8 Å². The highest BCUT2D eigenvalue weighted by molar-refractivity contribution is 7.00. The highest BCUT2D eigenvalue weighted by atomic mass is 15.2. The van der Waals surface area contributed by atoms with Gasteiger partial charge in [-0.2, -0.15) is 0 Å². The molecule has 3 heteroatoms. The average molecular weight is 837 g/mol. The van der Waals surface area contributed by atoms with Crippen LogP contribution in [0.25, 0.3) is 0 Å². The molecule has 0 bridgehead atoms. The fraction of sp³-hybridized carbons (Fsp3) is 0.500. The number of nitrogens with zero attached hydrogens (tertiary/aromatic N) is 2. The van der Waals surface area contributed by atoms with Crippen molar-refractivity contribution < 1.29 is 0 Å². The minimum Gasteiger partial charge on any atom is -0.311 e. The monoisotopic (exact) mass is 837 g/mol. The van der Waals surface area contributed by atoms with Crippen LogP contribution < -0.4 is 26.2 Å². The predicted octanol–water partition coefficient (Wildman–Crippen LogP) is 14.9. The van der Waals surface area contributed by atoms with Crippen molar-refractivity contribution in [1.29, 1.82) is 0 Å². The molecule has 0 atom stereocenters. The summed E-state index contributed by atoms with van der Waals surface area (Å²) in [7, 11) is 0. The van der Waals surface area contributed by atoms with Crippen LogP contribution >= 0.6 is 0 Å². The zero-order valence-corrected chi connectivity index (χ0v) is 42.9. The summed E-state index contributed by atoms with van der Waals surface area (Å²) in [5.41, 5.74) is 23.7. The first-order chi connectivity index (χ1) is 28.7. The van der Waals surface area contributed by atoms with E-state index in [9.17, 15) is 0 Å². The summed E-state index contributed by atoms with van der Waals surface area (Å²) in [6.45, 7) is 48.3. The third-order valence-corrected chi connectivity index (χ3v) is 15.8. The molecule has 9 rings (SSSR count). The van der Waals surface area contributed by atoms with Gasteiger partial charge in [0.05, 0.1) is 0 Å². The molecular weight excluding hydrogens is 759 g/mol. The summed E-state index contributed by atoms with van der Waals surface area (Å²) >= 11 is 0. The Balaban J connectivity index is 1.46. The molecule has 0 N–H and O–H groups in total. The van der Waals surface area contributed by atoms with E-state index in [1.807, 2.05) is 0 Å². The largest absolute Gasteiger partial charge is 0.311 e. The van der Waals surface area contributed by atoms with Gasteiger partial charge in [-0.05, 0) is 166 Å². The lowest BCUT2D eigenvalue weighted by molar-refractivity contribution is 0.403. The smallest absolute Gasteiger partial charge is 0.252 e. The third-order valence-electron chi connectivity index (χ3n) is 15.8. The Morgan fingerprint density at radius 2 is 0.778 bits per heavy atom. The van der Waals surface area contributed by atoms with Gasteiger partial charge in [-0.15, -0.1) is 0 Å². The van der Waals surface area contributed by atoms with Crippen molar-refractivity contribution in [3.05, 3.63) is 123 Å². The lowest BCUT2D eigenvalue weighted by Crippen LogP contribution is -2.61. The Kier molecular flexibility index (Phi) is 9.21. The summed E-state index contributed by atoms with van der Waals surface area (Å²) in [6.07, 6.45) is 2.28. The highest BCUT2D eigenvalue weighted by Gasteiger charge is 2.49. The summed E-state index contributed by atoms with van der Waals surface area (Å²) in [4.78, 5) is 5.40. The van der Waals surface area contributed by atoms with Gasteiger partial charge < -0.3 is 9.80 Å². The second-order valence-corrected chi connectivity index (χ2v) is 27.1. The summed E-state index contributed by atoms with van der Waals surface area (Å²) in [6, 6.07) is 33.0. The highest BCUT2D eigenvalue weighted by Crippen LogP contribution is 2.55. The zero-order valence-electron chi connectivity index (χ0n) is 42.9. The minimum absolute atomic E-state index is 0.0170. The third kappa shape index (κ3) is 6.86. The Hall–Kier alpha value is -4.24. The lowest BCUT2D eigenvalue weighted by atomic mass is 9.33. The maximum atomic E-state index is 2.71. The standard InChI is InChI=1S/C60H77BN2/c1-53(2,3)36-21-24-46-48(28-36)63(41-26-37(54(4,5)6)25-38(27-41)55(7,8)9)51-30-39(56(10,11)12)29-50-52(51)61(46)47-32-44-45(60(19,20)35-59(44,17)18)33-49(47)62(50)40-22-23-42-43(31-40)58(15,16)34-57(42,13)14/h21-33H,34-35H2,1-20H3. The molecule has 0 unspecified atom stereocenters. The van der Waals surface area contributed by atoms with Crippen LogP contribution in [0.5, 0.6) is 0 Å². The normalized spacial score (nSPS) is 19.1. The molecule has 0 radical (unpaired) electrons. The molecule has 0 spiro atoms.